The Morgan fingerprint density at radius 3 is 2.65 bits per heavy atom. The summed E-state index contributed by atoms with van der Waals surface area (Å²) in [4.78, 5) is 64.5. The lowest BCUT2D eigenvalue weighted by atomic mass is 10.1. The number of carbonyl (C=O) groups is 5. The number of amides is 4. The minimum atomic E-state index is -0.984. The second-order valence-corrected chi connectivity index (χ2v) is 9.74. The summed E-state index contributed by atoms with van der Waals surface area (Å²) in [7, 11) is 1.65. The monoisotopic (exact) mass is 558 g/mol. The Labute approximate surface area is 236 Å². The van der Waals surface area contributed by atoms with Crippen molar-refractivity contribution in [2.24, 2.45) is 0 Å². The number of Topliss-reactive ketones (excluding diaryl/α,β-unsaturated/α-hetero) is 1. The molecule has 3 unspecified atom stereocenters. The van der Waals surface area contributed by atoms with Crippen molar-refractivity contribution in [1.82, 2.24) is 20.9 Å². The summed E-state index contributed by atoms with van der Waals surface area (Å²) in [5.74, 6) is -2.10. The second kappa shape index (κ2) is 17.1. The predicted molar refractivity (Wildman–Crippen MR) is 150 cm³/mol. The first-order chi connectivity index (χ1) is 19.2. The van der Waals surface area contributed by atoms with Gasteiger partial charge in [-0.15, -0.1) is 6.58 Å². The van der Waals surface area contributed by atoms with Crippen molar-refractivity contribution in [3.63, 3.8) is 0 Å². The molecule has 0 aliphatic carbocycles. The normalized spacial score (nSPS) is 16.0. The zero-order valence-electron chi connectivity index (χ0n) is 23.7. The van der Waals surface area contributed by atoms with E-state index in [0.29, 0.717) is 44.6 Å². The highest BCUT2D eigenvalue weighted by Gasteiger charge is 2.36. The smallest absolute Gasteiger partial charge is 0.289 e. The number of ketones is 1. The lowest BCUT2D eigenvalue weighted by molar-refractivity contribution is -0.142. The zero-order valence-corrected chi connectivity index (χ0v) is 23.7. The van der Waals surface area contributed by atoms with E-state index in [1.807, 2.05) is 19.9 Å². The van der Waals surface area contributed by atoms with E-state index in [9.17, 15) is 24.0 Å². The van der Waals surface area contributed by atoms with Crippen LogP contribution in [-0.4, -0.2) is 85.9 Å². The third kappa shape index (κ3) is 10.4. The van der Waals surface area contributed by atoms with E-state index in [-0.39, 0.29) is 31.5 Å². The molecule has 11 nitrogen and oxygen atoms in total. The highest BCUT2D eigenvalue weighted by Crippen LogP contribution is 2.18. The zero-order chi connectivity index (χ0) is 29.5. The van der Waals surface area contributed by atoms with Crippen LogP contribution < -0.4 is 20.7 Å². The van der Waals surface area contributed by atoms with Gasteiger partial charge in [-0.3, -0.25) is 24.0 Å². The van der Waals surface area contributed by atoms with Gasteiger partial charge in [0.25, 0.3) is 5.91 Å². The van der Waals surface area contributed by atoms with Crippen molar-refractivity contribution in [1.29, 1.82) is 0 Å². The molecule has 0 radical (unpaired) electrons. The molecule has 3 N–H and O–H groups in total. The first-order valence-corrected chi connectivity index (χ1v) is 13.7. The van der Waals surface area contributed by atoms with E-state index in [1.54, 1.807) is 25.3 Å². The molecule has 1 aliphatic heterocycles. The van der Waals surface area contributed by atoms with Gasteiger partial charge in [-0.1, -0.05) is 31.6 Å². The number of rotatable bonds is 17. The predicted octanol–water partition coefficient (Wildman–Crippen LogP) is 1.30. The quantitative estimate of drug-likeness (QED) is 0.193. The maximum atomic E-state index is 13.0. The second-order valence-electron chi connectivity index (χ2n) is 9.74. The molecule has 0 bridgehead atoms. The fourth-order valence-corrected chi connectivity index (χ4v) is 4.30. The number of nitrogens with one attached hydrogen (secondary N) is 3. The minimum Gasteiger partial charge on any atom is -0.493 e. The van der Waals surface area contributed by atoms with Crippen LogP contribution in [-0.2, 0) is 35.1 Å². The van der Waals surface area contributed by atoms with E-state index in [1.165, 1.54) is 11.0 Å². The fourth-order valence-electron chi connectivity index (χ4n) is 4.30. The van der Waals surface area contributed by atoms with Gasteiger partial charge in [0.2, 0.25) is 23.5 Å². The van der Waals surface area contributed by atoms with E-state index >= 15 is 0 Å². The molecule has 1 fully saturated rings. The summed E-state index contributed by atoms with van der Waals surface area (Å²) in [6.07, 6.45) is 4.25. The van der Waals surface area contributed by atoms with Gasteiger partial charge in [-0.05, 0) is 43.9 Å². The summed E-state index contributed by atoms with van der Waals surface area (Å²) in [6.45, 7) is 8.03. The van der Waals surface area contributed by atoms with Gasteiger partial charge < -0.3 is 30.3 Å². The van der Waals surface area contributed by atoms with Crippen molar-refractivity contribution in [2.45, 2.75) is 70.6 Å². The first-order valence-electron chi connectivity index (χ1n) is 13.7. The Hall–Kier alpha value is -3.73. The number of likely N-dealkylation sites (tertiary alicyclic amines) is 1. The van der Waals surface area contributed by atoms with Gasteiger partial charge in [-0.2, -0.15) is 0 Å². The first kappa shape index (κ1) is 32.5. The van der Waals surface area contributed by atoms with E-state index in [2.05, 4.69) is 22.5 Å². The number of nitrogens with zero attached hydrogens (tertiary/aromatic N) is 1. The summed E-state index contributed by atoms with van der Waals surface area (Å²) >= 11 is 0. The summed E-state index contributed by atoms with van der Waals surface area (Å²) in [5, 5.41) is 7.71. The maximum absolute atomic E-state index is 13.0. The lowest BCUT2D eigenvalue weighted by Gasteiger charge is -2.26. The minimum absolute atomic E-state index is 0.0671. The van der Waals surface area contributed by atoms with Crippen molar-refractivity contribution in [2.75, 3.05) is 33.4 Å². The van der Waals surface area contributed by atoms with Crippen LogP contribution in [0.25, 0.3) is 0 Å². The molecule has 0 aromatic heterocycles. The molecule has 1 saturated heterocycles. The van der Waals surface area contributed by atoms with E-state index in [0.717, 1.165) is 12.0 Å². The number of benzene rings is 1. The largest absolute Gasteiger partial charge is 0.493 e. The Balaban J connectivity index is 1.88. The average Bonchev–Trinajstić information content (AvgIpc) is 3.44. The molecule has 40 heavy (non-hydrogen) atoms. The van der Waals surface area contributed by atoms with Gasteiger partial charge >= 0.3 is 0 Å². The summed E-state index contributed by atoms with van der Waals surface area (Å²) in [5.41, 5.74) is 0.740. The van der Waals surface area contributed by atoms with Crippen LogP contribution in [0.5, 0.6) is 5.75 Å². The Morgan fingerprint density at radius 2 is 1.95 bits per heavy atom. The molecule has 1 aromatic carbocycles. The topological polar surface area (TPSA) is 143 Å². The summed E-state index contributed by atoms with van der Waals surface area (Å²) < 4.78 is 10.9. The standard InChI is InChI=1S/C29H42N4O7/c1-5-9-23(27(36)29(38)30-14-6-2)32-28(37)24-12-8-15-33(24)26(35)19-31-25(34)18-21-10-7-11-22(17-21)40-16-13-20(3)39-4/h6-7,10-11,17,20,23-24H,2,5,8-9,12-16,18-19H2,1,3-4H3,(H,30,38)(H,31,34)(H,32,37). The molecule has 1 heterocycles. The summed E-state index contributed by atoms with van der Waals surface area (Å²) in [6, 6.07) is 5.44. The Bertz CT molecular complexity index is 1040. The van der Waals surface area contributed by atoms with E-state index < -0.39 is 35.6 Å². The Morgan fingerprint density at radius 1 is 1.18 bits per heavy atom. The molecule has 0 saturated carbocycles. The third-order valence-electron chi connectivity index (χ3n) is 6.61. The highest BCUT2D eigenvalue weighted by molar-refractivity contribution is 6.38. The number of carbonyl (C=O) groups excluding carboxylic acids is 5. The van der Waals surface area contributed by atoms with Gasteiger partial charge in [0, 0.05) is 26.6 Å². The SMILES string of the molecule is C=CCNC(=O)C(=O)C(CCC)NC(=O)C1CCCN1C(=O)CNC(=O)Cc1cccc(OCCC(C)OC)c1. The highest BCUT2D eigenvalue weighted by atomic mass is 16.5. The van der Waals surface area contributed by atoms with Gasteiger partial charge in [0.05, 0.1) is 31.7 Å². The Kier molecular flexibility index (Phi) is 13.9. The van der Waals surface area contributed by atoms with Crippen LogP contribution in [0.3, 0.4) is 0 Å². The van der Waals surface area contributed by atoms with Crippen LogP contribution in [0.15, 0.2) is 36.9 Å². The molecule has 3 atom stereocenters. The van der Waals surface area contributed by atoms with Crippen molar-refractivity contribution >= 4 is 29.4 Å². The molecule has 1 aliphatic rings. The third-order valence-corrected chi connectivity index (χ3v) is 6.61. The van der Waals surface area contributed by atoms with Gasteiger partial charge in [0.1, 0.15) is 11.8 Å². The molecular formula is C29H42N4O7. The lowest BCUT2D eigenvalue weighted by Crippen LogP contribution is -2.54. The fraction of sp³-hybridized carbons (Fsp3) is 0.552. The number of hydrogen-bond donors (Lipinski definition) is 3. The van der Waals surface area contributed by atoms with Crippen molar-refractivity contribution in [3.05, 3.63) is 42.5 Å². The van der Waals surface area contributed by atoms with Gasteiger partial charge in [0.15, 0.2) is 0 Å². The van der Waals surface area contributed by atoms with Crippen LogP contribution in [0.4, 0.5) is 0 Å². The molecule has 2 rings (SSSR count). The van der Waals surface area contributed by atoms with Crippen molar-refractivity contribution < 1.29 is 33.4 Å². The molecule has 1 aromatic rings. The number of ether oxygens (including phenoxy) is 2. The maximum Gasteiger partial charge on any atom is 0.289 e. The van der Waals surface area contributed by atoms with Crippen LogP contribution in [0.2, 0.25) is 0 Å². The van der Waals surface area contributed by atoms with Crippen LogP contribution in [0, 0.1) is 0 Å². The molecule has 4 amide bonds. The van der Waals surface area contributed by atoms with Crippen LogP contribution in [0.1, 0.15) is 51.5 Å². The van der Waals surface area contributed by atoms with Crippen LogP contribution >= 0.6 is 0 Å². The molecule has 220 valence electrons. The molecular weight excluding hydrogens is 516 g/mol. The van der Waals surface area contributed by atoms with Gasteiger partial charge in [-0.25, -0.2) is 0 Å². The number of methoxy groups -OCH3 is 1. The van der Waals surface area contributed by atoms with E-state index in [4.69, 9.17) is 9.47 Å². The molecule has 0 spiro atoms. The van der Waals surface area contributed by atoms with Crippen molar-refractivity contribution in [3.8, 4) is 5.75 Å². The number of hydrogen-bond acceptors (Lipinski definition) is 7. The molecule has 11 heteroatoms. The average molecular weight is 559 g/mol.